The highest BCUT2D eigenvalue weighted by atomic mass is 32.2. The van der Waals surface area contributed by atoms with Crippen molar-refractivity contribution in [3.8, 4) is 34.5 Å². The molecule has 0 atom stereocenters. The predicted molar refractivity (Wildman–Crippen MR) is 490 cm³/mol. The van der Waals surface area contributed by atoms with Gasteiger partial charge < -0.3 is 43.1 Å². The first kappa shape index (κ1) is 68.6. The second-order valence-corrected chi connectivity index (χ2v) is 34.6. The predicted octanol–water partition coefficient (Wildman–Crippen LogP) is 21.9. The van der Waals surface area contributed by atoms with Crippen molar-refractivity contribution in [3.05, 3.63) is 314 Å². The number of hydrogen-bond donors (Lipinski definition) is 1. The largest absolute Gasteiger partial charge is 0.458 e. The Kier molecular flexibility index (Phi) is 15.2. The molecule has 6 aliphatic heterocycles. The molecule has 17 aromatic rings. The minimum absolute atomic E-state index is 0.194. The summed E-state index contributed by atoms with van der Waals surface area (Å²) < 4.78 is 42.3. The molecule has 0 spiro atoms. The van der Waals surface area contributed by atoms with Crippen LogP contribution in [0.1, 0.15) is 52.7 Å². The summed E-state index contributed by atoms with van der Waals surface area (Å²) >= 11 is 3.45. The van der Waals surface area contributed by atoms with Crippen LogP contribution in [0, 0.1) is 0 Å². The van der Waals surface area contributed by atoms with Crippen molar-refractivity contribution in [3.63, 3.8) is 0 Å². The number of furan rings is 2. The smallest absolute Gasteiger partial charge is 0.260 e. The van der Waals surface area contributed by atoms with Crippen molar-refractivity contribution in [2.45, 2.75) is 52.4 Å². The first-order chi connectivity index (χ1) is 56.7. The summed E-state index contributed by atoms with van der Waals surface area (Å²) in [6.07, 6.45) is 4.43. The Hall–Kier alpha value is -13.0. The lowest BCUT2D eigenvalue weighted by Crippen LogP contribution is -2.65. The molecule has 1 N–H and O–H groups in total. The first-order valence-corrected chi connectivity index (χ1v) is 42.1. The fraction of sp³-hybridized carbons (Fsp3) is 0.100. The van der Waals surface area contributed by atoms with Gasteiger partial charge in [0.05, 0.1) is 44.9 Å². The molecule has 0 saturated carbocycles. The molecule has 0 radical (unpaired) electrons. The van der Waals surface area contributed by atoms with Gasteiger partial charge in [0, 0.05) is 115 Å². The normalized spacial score (nSPS) is 13.6. The van der Waals surface area contributed by atoms with E-state index in [1.165, 1.54) is 10.9 Å². The molecule has 16 heteroatoms. The monoisotopic (exact) mass is 1540 g/mol. The molecule has 2 aromatic heterocycles. The third-order valence-electron chi connectivity index (χ3n) is 24.4. The van der Waals surface area contributed by atoms with E-state index in [4.69, 9.17) is 23.0 Å². The van der Waals surface area contributed by atoms with Crippen LogP contribution in [0.15, 0.2) is 312 Å². The molecule has 6 aliphatic rings. The van der Waals surface area contributed by atoms with E-state index in [-0.39, 0.29) is 31.0 Å². The Morgan fingerprint density at radius 1 is 0.302 bits per heavy atom. The maximum Gasteiger partial charge on any atom is 0.260 e. The average Bonchev–Trinajstić information content (AvgIpc) is 0.762. The molecule has 0 amide bonds. The molecule has 0 unspecified atom stereocenters. The Labute approximate surface area is 683 Å². The lowest BCUT2D eigenvalue weighted by atomic mass is 9.29. The second kappa shape index (κ2) is 25.8. The second-order valence-electron chi connectivity index (χ2n) is 33.1. The summed E-state index contributed by atoms with van der Waals surface area (Å²) in [5, 5.41) is 8.17. The van der Waals surface area contributed by atoms with Crippen molar-refractivity contribution < 1.29 is 23.0 Å². The molecule has 556 valence electrons. The van der Waals surface area contributed by atoms with Gasteiger partial charge in [-0.2, -0.15) is 0 Å². The van der Waals surface area contributed by atoms with Crippen LogP contribution >= 0.6 is 23.9 Å². The van der Waals surface area contributed by atoms with E-state index in [1.54, 1.807) is 23.9 Å². The quantitative estimate of drug-likeness (QED) is 0.0987. The van der Waals surface area contributed by atoms with Gasteiger partial charge >= 0.3 is 0 Å². The summed E-state index contributed by atoms with van der Waals surface area (Å²) in [4.78, 5) is 7.03. The van der Waals surface area contributed by atoms with Gasteiger partial charge in [-0.1, -0.05) is 211 Å². The van der Waals surface area contributed by atoms with Crippen molar-refractivity contribution in [2.75, 3.05) is 41.1 Å². The van der Waals surface area contributed by atoms with E-state index in [9.17, 15) is 0 Å². The molecule has 0 aliphatic carbocycles. The molecule has 116 heavy (non-hydrogen) atoms. The zero-order valence-corrected chi connectivity index (χ0v) is 66.8. The molecular weight excluding hydrogens is 1460 g/mol. The van der Waals surface area contributed by atoms with E-state index in [1.807, 2.05) is 0 Å². The topological polar surface area (TPSA) is 82.2 Å². The Bertz CT molecular complexity index is 6470. The van der Waals surface area contributed by atoms with Crippen LogP contribution in [-0.4, -0.2) is 32.6 Å². The molecular formula is C100H75B3N6O5S2. The fourth-order valence-electron chi connectivity index (χ4n) is 19.4. The van der Waals surface area contributed by atoms with E-state index in [2.05, 4.69) is 386 Å². The maximum absolute atomic E-state index is 7.76. The number of para-hydroxylation sites is 8. The van der Waals surface area contributed by atoms with Gasteiger partial charge in [0.25, 0.3) is 20.1 Å². The van der Waals surface area contributed by atoms with Crippen molar-refractivity contribution in [2.24, 2.45) is 0 Å². The summed E-state index contributed by atoms with van der Waals surface area (Å²) in [5.74, 6) is 4.58. The van der Waals surface area contributed by atoms with Gasteiger partial charge in [-0.05, 0) is 188 Å². The SMILES string of the molecule is CSN1c2cc3c(cc2B2c4cc5c(cc4N(SC)c4cc(N(c6ccccc6)c6ccccc6)cc1c42)Oc1cc(N(c2ccccc2)c2ccccc2)cc2c1B5c1ccc4oc5c(C(C)(C)C)cccc5c4c1O2)B1c2ccc4oc5c(C(C)(C)C)cccc5c4c2Oc2cc(N(c4ccccc4)c4ccccc4)cc(c21)N3. The highest BCUT2D eigenvalue weighted by Crippen LogP contribution is 2.53. The number of fused-ring (bicyclic) bond motifs is 20. The van der Waals surface area contributed by atoms with E-state index in [0.29, 0.717) is 0 Å². The van der Waals surface area contributed by atoms with Gasteiger partial charge in [0.15, 0.2) is 0 Å². The summed E-state index contributed by atoms with van der Waals surface area (Å²) in [6, 6.07) is 110. The van der Waals surface area contributed by atoms with Crippen LogP contribution in [0.4, 0.5) is 85.3 Å². The molecule has 23 rings (SSSR count). The summed E-state index contributed by atoms with van der Waals surface area (Å²) in [5.41, 5.74) is 30.5. The molecule has 0 bridgehead atoms. The fourth-order valence-corrected chi connectivity index (χ4v) is 20.9. The van der Waals surface area contributed by atoms with E-state index < -0.39 is 0 Å². The lowest BCUT2D eigenvalue weighted by Gasteiger charge is -2.45. The summed E-state index contributed by atoms with van der Waals surface area (Å²) in [6.45, 7) is 12.6. The van der Waals surface area contributed by atoms with E-state index >= 15 is 0 Å². The van der Waals surface area contributed by atoms with Crippen LogP contribution in [0.2, 0.25) is 0 Å². The lowest BCUT2D eigenvalue weighted by molar-refractivity contribution is 0.467. The third kappa shape index (κ3) is 10.3. The van der Waals surface area contributed by atoms with Crippen molar-refractivity contribution in [1.29, 1.82) is 0 Å². The zero-order chi connectivity index (χ0) is 77.7. The van der Waals surface area contributed by atoms with Gasteiger partial charge in [-0.25, -0.2) is 0 Å². The molecule has 11 nitrogen and oxygen atoms in total. The molecule has 0 fully saturated rings. The molecule has 8 heterocycles. The maximum atomic E-state index is 7.76. The zero-order valence-electron chi connectivity index (χ0n) is 65.2. The summed E-state index contributed by atoms with van der Waals surface area (Å²) in [7, 11) is 0. The van der Waals surface area contributed by atoms with Gasteiger partial charge in [-0.15, -0.1) is 0 Å². The average molecular weight is 1540 g/mol. The number of nitrogens with zero attached hydrogens (tertiary/aromatic N) is 5. The van der Waals surface area contributed by atoms with Crippen LogP contribution in [0.5, 0.6) is 34.5 Å². The van der Waals surface area contributed by atoms with Crippen LogP contribution in [0.25, 0.3) is 43.9 Å². The van der Waals surface area contributed by atoms with Gasteiger partial charge in [-0.3, -0.25) is 8.61 Å². The van der Waals surface area contributed by atoms with Crippen LogP contribution in [0.3, 0.4) is 0 Å². The van der Waals surface area contributed by atoms with Crippen LogP contribution in [-0.2, 0) is 10.8 Å². The van der Waals surface area contributed by atoms with E-state index in [0.717, 1.165) is 213 Å². The standard InChI is InChI=1S/C100H75B3N6O5S2/c1-99(2,3)70-43-27-41-68-90-84(111-95(68)70)47-45-72-97(90)113-87-52-65(105(59-29-15-9-16-30-59)60-31-17-10-18-32-60)49-79-92(87)101(72)74-55-75-80(57-78(74)104-79)108(115-7)82-50-66(106(61-33-19-11-20-34-61)62-35-21-12-22-36-62)51-83-93(82)103(75)76-56-77-86(58-81(76)109(83)116-8)110-88-53-67(107(63-37-23-13-24-38-63)64-39-25-14-26-40-64)54-89-94(88)102(77)73-46-48-85-91(98(73)114-89)69-42-28-44-71(96(69)112-85)100(4,5)6/h9-58,104H,1-8H3. The number of nitrogens with one attached hydrogen (secondary N) is 1. The highest BCUT2D eigenvalue weighted by molar-refractivity contribution is 8.00. The van der Waals surface area contributed by atoms with Gasteiger partial charge in [0.1, 0.15) is 56.8 Å². The highest BCUT2D eigenvalue weighted by Gasteiger charge is 2.50. The Morgan fingerprint density at radius 3 is 1.11 bits per heavy atom. The number of benzene rings is 15. The Morgan fingerprint density at radius 2 is 0.681 bits per heavy atom. The first-order valence-electron chi connectivity index (χ1n) is 39.8. The number of anilines is 15. The molecule has 15 aromatic carbocycles. The number of rotatable bonds is 11. The Balaban J connectivity index is 0.790. The number of ether oxygens (including phenoxy) is 3. The van der Waals surface area contributed by atoms with Gasteiger partial charge in [0.2, 0.25) is 0 Å². The minimum Gasteiger partial charge on any atom is -0.458 e. The minimum atomic E-state index is -0.350. The van der Waals surface area contributed by atoms with Crippen molar-refractivity contribution in [1.82, 2.24) is 0 Å². The van der Waals surface area contributed by atoms with Crippen LogP contribution < -0.4 is 92.0 Å². The van der Waals surface area contributed by atoms with Crippen molar-refractivity contribution >= 4 is 222 Å². The number of hydrogen-bond acceptors (Lipinski definition) is 13. The third-order valence-corrected chi connectivity index (χ3v) is 25.9. The molecule has 0 saturated heterocycles.